The Hall–Kier alpha value is -0.0400. The maximum absolute atomic E-state index is 6.10. The first-order valence-electron chi connectivity index (χ1n) is 7.30. The lowest BCUT2D eigenvalue weighted by atomic mass is 9.43. The third-order valence-corrected chi connectivity index (χ3v) is 5.81. The molecule has 3 unspecified atom stereocenters. The Bertz CT molecular complexity index is 262. The molecule has 4 aliphatic carbocycles. The van der Waals surface area contributed by atoms with Crippen LogP contribution in [0.4, 0.5) is 0 Å². The van der Waals surface area contributed by atoms with Crippen molar-refractivity contribution in [3.8, 4) is 0 Å². The van der Waals surface area contributed by atoms with Gasteiger partial charge >= 0.3 is 0 Å². The van der Waals surface area contributed by atoms with Gasteiger partial charge in [0.2, 0.25) is 0 Å². The van der Waals surface area contributed by atoms with Crippen LogP contribution in [0, 0.1) is 22.7 Å². The zero-order chi connectivity index (χ0) is 11.4. The lowest BCUT2D eigenvalue weighted by Crippen LogP contribution is -2.52. The molecule has 1 nitrogen and oxygen atoms in total. The lowest BCUT2D eigenvalue weighted by Gasteiger charge is -2.63. The highest BCUT2D eigenvalue weighted by molar-refractivity contribution is 5.07. The highest BCUT2D eigenvalue weighted by Crippen LogP contribution is 2.67. The molecule has 0 amide bonds. The Morgan fingerprint density at radius 1 is 1.12 bits per heavy atom. The van der Waals surface area contributed by atoms with Crippen LogP contribution in [0.2, 0.25) is 0 Å². The van der Waals surface area contributed by atoms with Gasteiger partial charge in [-0.05, 0) is 74.5 Å². The summed E-state index contributed by atoms with van der Waals surface area (Å²) in [5, 5.41) is 0. The second-order valence-electron chi connectivity index (χ2n) is 7.50. The maximum atomic E-state index is 6.10. The third kappa shape index (κ3) is 1.63. The van der Waals surface area contributed by atoms with E-state index >= 15 is 0 Å². The van der Waals surface area contributed by atoms with Gasteiger partial charge in [-0.1, -0.05) is 13.3 Å². The van der Waals surface area contributed by atoms with Gasteiger partial charge in [0.1, 0.15) is 0 Å². The molecule has 2 N–H and O–H groups in total. The van der Waals surface area contributed by atoms with Gasteiger partial charge in [-0.3, -0.25) is 0 Å². The zero-order valence-corrected chi connectivity index (χ0v) is 11.0. The minimum atomic E-state index is 0.408. The first-order valence-corrected chi connectivity index (χ1v) is 7.30. The molecule has 0 aromatic rings. The molecule has 92 valence electrons. The fourth-order valence-electron chi connectivity index (χ4n) is 5.98. The Balaban J connectivity index is 1.86. The largest absolute Gasteiger partial charge is 0.328 e. The van der Waals surface area contributed by atoms with Crippen LogP contribution in [0.5, 0.6) is 0 Å². The summed E-state index contributed by atoms with van der Waals surface area (Å²) in [4.78, 5) is 0. The number of nitrogens with two attached hydrogens (primary N) is 1. The molecule has 0 aliphatic heterocycles. The quantitative estimate of drug-likeness (QED) is 0.772. The Morgan fingerprint density at radius 2 is 1.69 bits per heavy atom. The van der Waals surface area contributed by atoms with Crippen LogP contribution in [0.1, 0.15) is 65.2 Å². The van der Waals surface area contributed by atoms with E-state index in [1.165, 1.54) is 32.1 Å². The van der Waals surface area contributed by atoms with E-state index in [0.29, 0.717) is 11.5 Å². The summed E-state index contributed by atoms with van der Waals surface area (Å²) < 4.78 is 0. The van der Waals surface area contributed by atoms with Gasteiger partial charge in [-0.15, -0.1) is 0 Å². The van der Waals surface area contributed by atoms with Gasteiger partial charge in [0.25, 0.3) is 0 Å². The summed E-state index contributed by atoms with van der Waals surface area (Å²) in [6, 6.07) is 0.408. The van der Waals surface area contributed by atoms with Crippen molar-refractivity contribution in [3.05, 3.63) is 0 Å². The molecule has 4 saturated carbocycles. The minimum absolute atomic E-state index is 0.408. The third-order valence-electron chi connectivity index (χ3n) is 5.81. The smallest absolute Gasteiger partial charge is 0.00157 e. The Labute approximate surface area is 100 Å². The van der Waals surface area contributed by atoms with Gasteiger partial charge in [-0.2, -0.15) is 0 Å². The van der Waals surface area contributed by atoms with Crippen LogP contribution in [-0.2, 0) is 0 Å². The average molecular weight is 221 g/mol. The second kappa shape index (κ2) is 3.48. The predicted molar refractivity (Wildman–Crippen MR) is 68.1 cm³/mol. The van der Waals surface area contributed by atoms with Crippen molar-refractivity contribution in [2.75, 3.05) is 0 Å². The van der Waals surface area contributed by atoms with Crippen LogP contribution in [-0.4, -0.2) is 6.04 Å². The van der Waals surface area contributed by atoms with Crippen molar-refractivity contribution < 1.29 is 0 Å². The normalized spacial score (nSPS) is 51.9. The summed E-state index contributed by atoms with van der Waals surface area (Å²) in [6.07, 6.45) is 11.9. The van der Waals surface area contributed by atoms with Crippen molar-refractivity contribution in [3.63, 3.8) is 0 Å². The Kier molecular flexibility index (Phi) is 2.41. The fraction of sp³-hybridized carbons (Fsp3) is 1.00. The van der Waals surface area contributed by atoms with E-state index in [9.17, 15) is 0 Å². The van der Waals surface area contributed by atoms with E-state index in [0.717, 1.165) is 17.3 Å². The molecule has 0 aromatic carbocycles. The molecule has 4 rings (SSSR count). The monoisotopic (exact) mass is 221 g/mol. The summed E-state index contributed by atoms with van der Waals surface area (Å²) in [5.41, 5.74) is 7.49. The zero-order valence-electron chi connectivity index (χ0n) is 11.0. The van der Waals surface area contributed by atoms with Crippen molar-refractivity contribution in [1.29, 1.82) is 0 Å². The molecule has 0 spiro atoms. The molecule has 1 heteroatoms. The van der Waals surface area contributed by atoms with Crippen molar-refractivity contribution in [2.24, 2.45) is 28.4 Å². The van der Waals surface area contributed by atoms with Gasteiger partial charge in [0.05, 0.1) is 0 Å². The molecule has 0 radical (unpaired) electrons. The molecule has 4 fully saturated rings. The van der Waals surface area contributed by atoms with Crippen LogP contribution in [0.25, 0.3) is 0 Å². The second-order valence-corrected chi connectivity index (χ2v) is 7.50. The molecular formula is C15H27N. The van der Waals surface area contributed by atoms with Gasteiger partial charge in [0.15, 0.2) is 0 Å². The summed E-state index contributed by atoms with van der Waals surface area (Å²) in [6.45, 7) is 4.63. The SMILES string of the molecule is CCC12CC3CC(C1)CC(CC(C)N)(C3)C2. The molecule has 3 atom stereocenters. The standard InChI is InChI=1S/C15H27N/c1-3-14-6-12-4-13(7-14)9-15(8-12,10-14)5-11(2)16/h11-13H,3-10,16H2,1-2H3. The van der Waals surface area contributed by atoms with Crippen LogP contribution >= 0.6 is 0 Å². The topological polar surface area (TPSA) is 26.0 Å². The molecule has 0 aromatic heterocycles. The number of rotatable bonds is 3. The van der Waals surface area contributed by atoms with E-state index in [1.807, 2.05) is 0 Å². The van der Waals surface area contributed by atoms with Gasteiger partial charge in [0, 0.05) is 6.04 Å². The molecule has 4 bridgehead atoms. The van der Waals surface area contributed by atoms with Crippen LogP contribution in [0.15, 0.2) is 0 Å². The molecular weight excluding hydrogens is 194 g/mol. The van der Waals surface area contributed by atoms with Crippen molar-refractivity contribution in [2.45, 2.75) is 71.3 Å². The molecule has 16 heavy (non-hydrogen) atoms. The minimum Gasteiger partial charge on any atom is -0.328 e. The van der Waals surface area contributed by atoms with Crippen LogP contribution < -0.4 is 5.73 Å². The van der Waals surface area contributed by atoms with Crippen molar-refractivity contribution in [1.82, 2.24) is 0 Å². The van der Waals surface area contributed by atoms with E-state index in [4.69, 9.17) is 5.73 Å². The van der Waals surface area contributed by atoms with E-state index in [2.05, 4.69) is 13.8 Å². The summed E-state index contributed by atoms with van der Waals surface area (Å²) in [5.74, 6) is 2.11. The van der Waals surface area contributed by atoms with E-state index < -0.39 is 0 Å². The molecule has 0 heterocycles. The van der Waals surface area contributed by atoms with E-state index in [-0.39, 0.29) is 0 Å². The Morgan fingerprint density at radius 3 is 2.19 bits per heavy atom. The highest BCUT2D eigenvalue weighted by Gasteiger charge is 2.56. The predicted octanol–water partition coefficient (Wildman–Crippen LogP) is 3.72. The first-order chi connectivity index (χ1) is 7.55. The first kappa shape index (κ1) is 11.1. The van der Waals surface area contributed by atoms with E-state index in [1.54, 1.807) is 19.3 Å². The fourth-order valence-corrected chi connectivity index (χ4v) is 5.98. The number of hydrogen-bond acceptors (Lipinski definition) is 1. The summed E-state index contributed by atoms with van der Waals surface area (Å²) in [7, 11) is 0. The van der Waals surface area contributed by atoms with Gasteiger partial charge in [-0.25, -0.2) is 0 Å². The molecule has 0 saturated heterocycles. The van der Waals surface area contributed by atoms with Crippen molar-refractivity contribution >= 4 is 0 Å². The lowest BCUT2D eigenvalue weighted by molar-refractivity contribution is -0.117. The van der Waals surface area contributed by atoms with Gasteiger partial charge < -0.3 is 5.73 Å². The molecule has 4 aliphatic rings. The van der Waals surface area contributed by atoms with Crippen LogP contribution in [0.3, 0.4) is 0 Å². The average Bonchev–Trinajstić information content (AvgIpc) is 2.13. The number of hydrogen-bond donors (Lipinski definition) is 1. The summed E-state index contributed by atoms with van der Waals surface area (Å²) >= 11 is 0. The highest BCUT2D eigenvalue weighted by atomic mass is 14.7. The maximum Gasteiger partial charge on any atom is 0.00157 e.